The number of carbonyl (C=O) groups excluding carboxylic acids is 1. The summed E-state index contributed by atoms with van der Waals surface area (Å²) in [6.45, 7) is 3.88. The molecule has 0 aliphatic carbocycles. The van der Waals surface area contributed by atoms with Crippen LogP contribution in [0.3, 0.4) is 0 Å². The molecule has 176 valence electrons. The van der Waals surface area contributed by atoms with Gasteiger partial charge in [-0.2, -0.15) is 5.10 Å². The lowest BCUT2D eigenvalue weighted by atomic mass is 9.56. The number of aromatic amines is 1. The Morgan fingerprint density at radius 1 is 1.11 bits per heavy atom. The molecule has 4 radical (unpaired) electrons. The summed E-state index contributed by atoms with van der Waals surface area (Å²) >= 11 is 0. The number of pyridine rings is 1. The van der Waals surface area contributed by atoms with Crippen LogP contribution < -0.4 is 5.32 Å². The first-order chi connectivity index (χ1) is 17.4. The van der Waals surface area contributed by atoms with E-state index in [0.29, 0.717) is 13.1 Å². The number of carbonyl (C=O) groups is 1. The van der Waals surface area contributed by atoms with Crippen LogP contribution in [-0.4, -0.2) is 65.8 Å². The van der Waals surface area contributed by atoms with Gasteiger partial charge in [0.25, 0.3) is 0 Å². The van der Waals surface area contributed by atoms with Crippen molar-refractivity contribution in [3.8, 4) is 11.3 Å². The van der Waals surface area contributed by atoms with E-state index in [-0.39, 0.29) is 12.1 Å². The van der Waals surface area contributed by atoms with Gasteiger partial charge >= 0.3 is 6.03 Å². The van der Waals surface area contributed by atoms with Crippen molar-refractivity contribution >= 4 is 38.3 Å². The van der Waals surface area contributed by atoms with E-state index in [9.17, 15) is 4.79 Å². The van der Waals surface area contributed by atoms with Crippen molar-refractivity contribution in [2.24, 2.45) is 0 Å². The normalized spacial score (nSPS) is 18.8. The van der Waals surface area contributed by atoms with E-state index in [1.807, 2.05) is 60.4 Å². The second kappa shape index (κ2) is 8.82. The van der Waals surface area contributed by atoms with Gasteiger partial charge in [-0.05, 0) is 67.0 Å². The highest BCUT2D eigenvalue weighted by atomic mass is 16.2. The Hall–Kier alpha value is -3.58. The maximum atomic E-state index is 13.2. The first kappa shape index (κ1) is 22.9. The predicted molar refractivity (Wildman–Crippen MR) is 143 cm³/mol. The summed E-state index contributed by atoms with van der Waals surface area (Å²) in [6, 6.07) is 17.7. The monoisotopic (exact) mass is 472 g/mol. The highest BCUT2D eigenvalue weighted by Crippen LogP contribution is 2.35. The predicted octanol–water partition coefficient (Wildman–Crippen LogP) is 3.89. The number of hydrogen-bond acceptors (Lipinski definition) is 4. The van der Waals surface area contributed by atoms with Crippen LogP contribution in [0.15, 0.2) is 60.8 Å². The van der Waals surface area contributed by atoms with E-state index in [0.717, 1.165) is 64.1 Å². The van der Waals surface area contributed by atoms with Crippen LogP contribution in [0.1, 0.15) is 29.7 Å². The number of aromatic nitrogens is 3. The number of anilines is 1. The van der Waals surface area contributed by atoms with Crippen LogP contribution in [0, 0.1) is 6.92 Å². The maximum absolute atomic E-state index is 13.2. The quantitative estimate of drug-likeness (QED) is 0.442. The number of aryl methyl sites for hydroxylation is 1. The molecular formula is C27H26B2N6O. The number of fused-ring (bicyclic) bond motifs is 2. The Bertz CT molecular complexity index is 1440. The minimum atomic E-state index is -1.09. The second-order valence-electron chi connectivity index (χ2n) is 9.80. The molecule has 1 saturated heterocycles. The molecule has 4 heterocycles. The Balaban J connectivity index is 1.28. The average molecular weight is 472 g/mol. The molecule has 2 aliphatic rings. The fourth-order valence-electron chi connectivity index (χ4n) is 5.44. The minimum absolute atomic E-state index is 0.00412. The van der Waals surface area contributed by atoms with Crippen LogP contribution in [-0.2, 0) is 11.9 Å². The van der Waals surface area contributed by atoms with Crippen molar-refractivity contribution in [2.45, 2.75) is 37.7 Å². The second-order valence-corrected chi connectivity index (χ2v) is 9.80. The van der Waals surface area contributed by atoms with Crippen LogP contribution in [0.4, 0.5) is 10.5 Å². The molecule has 6 rings (SSSR count). The lowest BCUT2D eigenvalue weighted by Gasteiger charge is -2.48. The number of piperidine rings is 1. The van der Waals surface area contributed by atoms with E-state index in [4.69, 9.17) is 15.7 Å². The first-order valence-corrected chi connectivity index (χ1v) is 12.3. The molecule has 1 atom stereocenters. The third kappa shape index (κ3) is 3.97. The van der Waals surface area contributed by atoms with Gasteiger partial charge in [-0.15, -0.1) is 0 Å². The van der Waals surface area contributed by atoms with Gasteiger partial charge < -0.3 is 15.1 Å². The van der Waals surface area contributed by atoms with Crippen molar-refractivity contribution in [1.82, 2.24) is 25.0 Å². The minimum Gasteiger partial charge on any atom is -0.316 e. The number of benzene rings is 2. The van der Waals surface area contributed by atoms with E-state index < -0.39 is 5.34 Å². The zero-order valence-electron chi connectivity index (χ0n) is 20.2. The van der Waals surface area contributed by atoms with E-state index in [1.165, 1.54) is 0 Å². The number of hydrogen-bond donors (Lipinski definition) is 2. The molecule has 9 heteroatoms. The molecule has 2 amide bonds. The zero-order valence-corrected chi connectivity index (χ0v) is 20.2. The summed E-state index contributed by atoms with van der Waals surface area (Å²) in [7, 11) is 13.2. The molecular weight excluding hydrogens is 446 g/mol. The summed E-state index contributed by atoms with van der Waals surface area (Å²) in [5, 5.41) is 10.7. The Kier molecular flexibility index (Phi) is 5.60. The standard InChI is InChI=1S/C27H26B2N6O/c1-17-12-18(9-10-30-17)25-22-13-19-15-35(26(36)31-23(19)14-24(22)32-33-25)21-8-5-11-34(16-21)27(28,29)20-6-3-2-4-7-20/h2-4,6-7,9-10,12-14,21H,5,8,11,15-16H2,1H3,(H,31,36)(H,32,33)/t21-/m1/s1. The lowest BCUT2D eigenvalue weighted by molar-refractivity contribution is 0.0931. The third-order valence-electron chi connectivity index (χ3n) is 7.40. The van der Waals surface area contributed by atoms with Crippen molar-refractivity contribution in [1.29, 1.82) is 0 Å². The van der Waals surface area contributed by atoms with Gasteiger partial charge in [0.1, 0.15) is 5.69 Å². The molecule has 0 spiro atoms. The summed E-state index contributed by atoms with van der Waals surface area (Å²) < 4.78 is 0. The SMILES string of the molecule is [B]C([B])(c1ccccc1)N1CCC[C@@H](N2Cc3cc4c(-c5ccnc(C)c5)n[nH]c4cc3NC2=O)C1. The first-order valence-electron chi connectivity index (χ1n) is 12.3. The molecule has 1 fully saturated rings. The fourth-order valence-corrected chi connectivity index (χ4v) is 5.44. The summed E-state index contributed by atoms with van der Waals surface area (Å²) in [6.07, 6.45) is 3.61. The number of nitrogens with one attached hydrogen (secondary N) is 2. The summed E-state index contributed by atoms with van der Waals surface area (Å²) in [5.74, 6) is 0. The molecule has 4 aromatic rings. The summed E-state index contributed by atoms with van der Waals surface area (Å²) in [4.78, 5) is 21.5. The lowest BCUT2D eigenvalue weighted by Crippen LogP contribution is -2.58. The van der Waals surface area contributed by atoms with E-state index >= 15 is 0 Å². The largest absolute Gasteiger partial charge is 0.322 e. The zero-order chi connectivity index (χ0) is 24.9. The van der Waals surface area contributed by atoms with Crippen LogP contribution in [0.25, 0.3) is 22.2 Å². The topological polar surface area (TPSA) is 77.2 Å². The number of amides is 2. The highest BCUT2D eigenvalue weighted by molar-refractivity contribution is 6.39. The van der Waals surface area contributed by atoms with Gasteiger partial charge in [-0.3, -0.25) is 10.1 Å². The smallest absolute Gasteiger partial charge is 0.316 e. The van der Waals surface area contributed by atoms with Gasteiger partial charge in [-0.1, -0.05) is 30.3 Å². The molecule has 36 heavy (non-hydrogen) atoms. The molecule has 2 aromatic heterocycles. The Morgan fingerprint density at radius 2 is 1.94 bits per heavy atom. The van der Waals surface area contributed by atoms with Crippen LogP contribution >= 0.6 is 0 Å². The number of likely N-dealkylation sites (tertiary alicyclic amines) is 1. The van der Waals surface area contributed by atoms with Gasteiger partial charge in [0.15, 0.2) is 0 Å². The van der Waals surface area contributed by atoms with Gasteiger partial charge in [-0.25, -0.2) is 4.79 Å². The molecule has 2 N–H and O–H groups in total. The molecule has 2 aromatic carbocycles. The van der Waals surface area contributed by atoms with Crippen LogP contribution in [0.5, 0.6) is 0 Å². The van der Waals surface area contributed by atoms with Gasteiger partial charge in [0.05, 0.1) is 21.2 Å². The van der Waals surface area contributed by atoms with E-state index in [1.54, 1.807) is 6.20 Å². The van der Waals surface area contributed by atoms with Crippen molar-refractivity contribution in [2.75, 3.05) is 18.4 Å². The maximum Gasteiger partial charge on any atom is 0.322 e. The third-order valence-corrected chi connectivity index (χ3v) is 7.40. The number of rotatable bonds is 4. The Labute approximate surface area is 213 Å². The average Bonchev–Trinajstić information content (AvgIpc) is 3.30. The van der Waals surface area contributed by atoms with Crippen LogP contribution in [0.2, 0.25) is 0 Å². The molecule has 0 bridgehead atoms. The Morgan fingerprint density at radius 3 is 2.75 bits per heavy atom. The fraction of sp³-hybridized carbons (Fsp3) is 0.296. The van der Waals surface area contributed by atoms with Crippen molar-refractivity contribution in [3.63, 3.8) is 0 Å². The molecule has 7 nitrogen and oxygen atoms in total. The highest BCUT2D eigenvalue weighted by Gasteiger charge is 2.37. The summed E-state index contributed by atoms with van der Waals surface area (Å²) in [5.41, 5.74) is 6.44. The van der Waals surface area contributed by atoms with E-state index in [2.05, 4.69) is 31.5 Å². The molecule has 0 unspecified atom stereocenters. The molecule has 2 aliphatic heterocycles. The molecule has 0 saturated carbocycles. The van der Waals surface area contributed by atoms with Gasteiger partial charge in [0.2, 0.25) is 0 Å². The number of urea groups is 1. The number of nitrogens with zero attached hydrogens (tertiary/aromatic N) is 4. The number of H-pyrrole nitrogens is 1. The van der Waals surface area contributed by atoms with Gasteiger partial charge in [0, 0.05) is 47.7 Å². The van der Waals surface area contributed by atoms with Crippen molar-refractivity contribution in [3.05, 3.63) is 77.6 Å². The van der Waals surface area contributed by atoms with Crippen molar-refractivity contribution < 1.29 is 4.79 Å².